The summed E-state index contributed by atoms with van der Waals surface area (Å²) in [5.74, 6) is 0. The average molecular weight is 214 g/mol. The maximum absolute atomic E-state index is 3.86. The van der Waals surface area contributed by atoms with Gasteiger partial charge >= 0.3 is 0 Å². The molecule has 0 fully saturated rings. The molecule has 2 rings (SSSR count). The van der Waals surface area contributed by atoms with Crippen LogP contribution in [-0.4, -0.2) is 6.04 Å². The molecule has 2 N–H and O–H groups in total. The monoisotopic (exact) mass is 214 g/mol. The third-order valence-corrected chi connectivity index (χ3v) is 3.33. The predicted molar refractivity (Wildman–Crippen MR) is 68.2 cm³/mol. The van der Waals surface area contributed by atoms with Gasteiger partial charge in [0.2, 0.25) is 0 Å². The first-order valence-corrected chi connectivity index (χ1v) is 5.99. The van der Waals surface area contributed by atoms with Crippen LogP contribution in [0.2, 0.25) is 0 Å². The Morgan fingerprint density at radius 3 is 2.69 bits per heavy atom. The largest absolute Gasteiger partial charge is 0.337 e. The minimum Gasteiger partial charge on any atom is -0.337 e. The second-order valence-electron chi connectivity index (χ2n) is 4.51. The molecule has 1 heterocycles. The lowest BCUT2D eigenvalue weighted by molar-refractivity contribution is -0.730. The SMILES string of the molecule is C=CC[C@H]1Cc2ccccc2[C@@H](CC=C)[NH2+]1. The number of hydrogen-bond donors (Lipinski definition) is 1. The van der Waals surface area contributed by atoms with Crippen LogP contribution in [0.5, 0.6) is 0 Å². The van der Waals surface area contributed by atoms with Crippen LogP contribution < -0.4 is 5.32 Å². The molecule has 1 aromatic rings. The molecular formula is C15H20N+. The van der Waals surface area contributed by atoms with Crippen molar-refractivity contribution in [3.63, 3.8) is 0 Å². The van der Waals surface area contributed by atoms with E-state index in [4.69, 9.17) is 0 Å². The van der Waals surface area contributed by atoms with Crippen LogP contribution >= 0.6 is 0 Å². The van der Waals surface area contributed by atoms with Gasteiger partial charge in [-0.05, 0) is 5.56 Å². The zero-order chi connectivity index (χ0) is 11.4. The predicted octanol–water partition coefficient (Wildman–Crippen LogP) is 2.37. The summed E-state index contributed by atoms with van der Waals surface area (Å²) in [7, 11) is 0. The van der Waals surface area contributed by atoms with E-state index in [0.29, 0.717) is 12.1 Å². The summed E-state index contributed by atoms with van der Waals surface area (Å²) in [6, 6.07) is 9.99. The van der Waals surface area contributed by atoms with Gasteiger partial charge in [-0.3, -0.25) is 0 Å². The normalized spacial score (nSPS) is 23.5. The molecule has 2 atom stereocenters. The molecule has 0 unspecified atom stereocenters. The van der Waals surface area contributed by atoms with E-state index in [9.17, 15) is 0 Å². The van der Waals surface area contributed by atoms with Crippen molar-refractivity contribution in [2.45, 2.75) is 31.3 Å². The van der Waals surface area contributed by atoms with Gasteiger partial charge in [0.15, 0.2) is 0 Å². The van der Waals surface area contributed by atoms with Gasteiger partial charge in [0.25, 0.3) is 0 Å². The molecule has 0 aromatic heterocycles. The third-order valence-electron chi connectivity index (χ3n) is 3.33. The molecule has 0 aliphatic carbocycles. The highest BCUT2D eigenvalue weighted by atomic mass is 15.0. The first kappa shape index (κ1) is 11.2. The summed E-state index contributed by atoms with van der Waals surface area (Å²) in [6.07, 6.45) is 7.34. The summed E-state index contributed by atoms with van der Waals surface area (Å²) >= 11 is 0. The third kappa shape index (κ3) is 2.25. The molecular weight excluding hydrogens is 194 g/mol. The van der Waals surface area contributed by atoms with Crippen LogP contribution in [-0.2, 0) is 6.42 Å². The Hall–Kier alpha value is -1.34. The Morgan fingerprint density at radius 1 is 1.19 bits per heavy atom. The van der Waals surface area contributed by atoms with Crippen molar-refractivity contribution in [1.29, 1.82) is 0 Å². The van der Waals surface area contributed by atoms with Crippen molar-refractivity contribution < 1.29 is 5.32 Å². The Kier molecular flexibility index (Phi) is 3.58. The van der Waals surface area contributed by atoms with Crippen LogP contribution in [0, 0.1) is 0 Å². The van der Waals surface area contributed by atoms with Crippen molar-refractivity contribution in [1.82, 2.24) is 0 Å². The number of quaternary nitrogens is 1. The number of rotatable bonds is 4. The van der Waals surface area contributed by atoms with Gasteiger partial charge in [-0.25, -0.2) is 0 Å². The van der Waals surface area contributed by atoms with Gasteiger partial charge in [-0.1, -0.05) is 36.4 Å². The minimum absolute atomic E-state index is 0.549. The van der Waals surface area contributed by atoms with Gasteiger partial charge in [0.05, 0.1) is 6.04 Å². The average Bonchev–Trinajstić information content (AvgIpc) is 2.30. The van der Waals surface area contributed by atoms with Gasteiger partial charge in [0, 0.05) is 24.8 Å². The lowest BCUT2D eigenvalue weighted by Gasteiger charge is -2.29. The molecule has 0 saturated heterocycles. The van der Waals surface area contributed by atoms with Gasteiger partial charge < -0.3 is 5.32 Å². The Morgan fingerprint density at radius 2 is 1.94 bits per heavy atom. The van der Waals surface area contributed by atoms with E-state index < -0.39 is 0 Å². The molecule has 1 heteroatoms. The molecule has 0 amide bonds. The van der Waals surface area contributed by atoms with Crippen molar-refractivity contribution in [3.05, 3.63) is 60.7 Å². The van der Waals surface area contributed by atoms with Crippen LogP contribution in [0.1, 0.15) is 30.0 Å². The smallest absolute Gasteiger partial charge is 0.115 e. The molecule has 0 spiro atoms. The Balaban J connectivity index is 2.25. The lowest BCUT2D eigenvalue weighted by Crippen LogP contribution is -2.92. The highest BCUT2D eigenvalue weighted by Gasteiger charge is 2.27. The number of fused-ring (bicyclic) bond motifs is 1. The van der Waals surface area contributed by atoms with Crippen molar-refractivity contribution >= 4 is 0 Å². The second-order valence-corrected chi connectivity index (χ2v) is 4.51. The first-order chi connectivity index (χ1) is 7.85. The van der Waals surface area contributed by atoms with Gasteiger partial charge in [-0.15, -0.1) is 13.2 Å². The van der Waals surface area contributed by atoms with Gasteiger partial charge in [-0.2, -0.15) is 0 Å². The second kappa shape index (κ2) is 5.13. The van der Waals surface area contributed by atoms with Crippen molar-refractivity contribution in [2.75, 3.05) is 0 Å². The molecule has 1 aromatic carbocycles. The molecule has 1 aliphatic heterocycles. The van der Waals surface area contributed by atoms with Crippen molar-refractivity contribution in [2.24, 2.45) is 0 Å². The maximum atomic E-state index is 3.86. The van der Waals surface area contributed by atoms with E-state index >= 15 is 0 Å². The van der Waals surface area contributed by atoms with Crippen LogP contribution in [0.3, 0.4) is 0 Å². The van der Waals surface area contributed by atoms with E-state index in [1.54, 1.807) is 0 Å². The zero-order valence-corrected chi connectivity index (χ0v) is 9.73. The Bertz CT molecular complexity index is 381. The van der Waals surface area contributed by atoms with Crippen molar-refractivity contribution in [3.8, 4) is 0 Å². The molecule has 1 nitrogen and oxygen atoms in total. The van der Waals surface area contributed by atoms with E-state index in [-0.39, 0.29) is 0 Å². The first-order valence-electron chi connectivity index (χ1n) is 5.99. The molecule has 16 heavy (non-hydrogen) atoms. The number of hydrogen-bond acceptors (Lipinski definition) is 0. The molecule has 0 radical (unpaired) electrons. The maximum Gasteiger partial charge on any atom is 0.115 e. The van der Waals surface area contributed by atoms with Crippen LogP contribution in [0.4, 0.5) is 0 Å². The number of benzene rings is 1. The highest BCUT2D eigenvalue weighted by molar-refractivity contribution is 5.31. The summed E-state index contributed by atoms with van der Waals surface area (Å²) in [5, 5.41) is 2.48. The lowest BCUT2D eigenvalue weighted by atomic mass is 9.88. The molecule has 0 bridgehead atoms. The highest BCUT2D eigenvalue weighted by Crippen LogP contribution is 2.23. The van der Waals surface area contributed by atoms with E-state index in [1.165, 1.54) is 11.1 Å². The standard InChI is InChI=1S/C15H19N/c1-3-7-13-11-12-9-5-6-10-14(12)15(16-13)8-4-2/h3-6,9-10,13,15-16H,1-2,7-8,11H2/p+1/t13-,15+/m0/s1. The van der Waals surface area contributed by atoms with E-state index in [1.807, 2.05) is 12.2 Å². The van der Waals surface area contributed by atoms with E-state index in [0.717, 1.165) is 19.3 Å². The fourth-order valence-electron chi connectivity index (χ4n) is 2.63. The minimum atomic E-state index is 0.549. The fourth-order valence-corrected chi connectivity index (χ4v) is 2.63. The summed E-state index contributed by atoms with van der Waals surface area (Å²) < 4.78 is 0. The number of nitrogens with two attached hydrogens (primary N) is 1. The molecule has 0 saturated carbocycles. The fraction of sp³-hybridized carbons (Fsp3) is 0.333. The Labute approximate surface area is 97.9 Å². The van der Waals surface area contributed by atoms with E-state index in [2.05, 4.69) is 42.7 Å². The molecule has 84 valence electrons. The van der Waals surface area contributed by atoms with Gasteiger partial charge in [0.1, 0.15) is 6.04 Å². The summed E-state index contributed by atoms with van der Waals surface area (Å²) in [6.45, 7) is 7.70. The summed E-state index contributed by atoms with van der Waals surface area (Å²) in [4.78, 5) is 0. The topological polar surface area (TPSA) is 16.6 Å². The zero-order valence-electron chi connectivity index (χ0n) is 9.73. The van der Waals surface area contributed by atoms with Crippen LogP contribution in [0.15, 0.2) is 49.6 Å². The van der Waals surface area contributed by atoms with Crippen LogP contribution in [0.25, 0.3) is 0 Å². The quantitative estimate of drug-likeness (QED) is 0.741. The summed E-state index contributed by atoms with van der Waals surface area (Å²) in [5.41, 5.74) is 2.99. The molecule has 1 aliphatic rings.